The molecule has 0 radical (unpaired) electrons. The molecule has 2 heteroatoms. The first-order valence-electron chi connectivity index (χ1n) is 8.28. The number of amides is 1. The van der Waals surface area contributed by atoms with Crippen LogP contribution in [0.5, 0.6) is 0 Å². The summed E-state index contributed by atoms with van der Waals surface area (Å²) in [7, 11) is 0. The molecule has 104 valence electrons. The van der Waals surface area contributed by atoms with Gasteiger partial charge in [0, 0.05) is 13.0 Å². The number of carbonyl (C=O) groups is 1. The largest absolute Gasteiger partial charge is 0.356 e. The van der Waals surface area contributed by atoms with Crippen LogP contribution in [0.2, 0.25) is 0 Å². The van der Waals surface area contributed by atoms with E-state index in [0.717, 1.165) is 36.1 Å². The van der Waals surface area contributed by atoms with Crippen LogP contribution in [0.15, 0.2) is 11.6 Å². The molecular formula is C17H25NO. The van der Waals surface area contributed by atoms with Crippen LogP contribution in [-0.4, -0.2) is 12.5 Å². The van der Waals surface area contributed by atoms with Gasteiger partial charge in [-0.3, -0.25) is 4.79 Å². The molecule has 2 saturated carbocycles. The van der Waals surface area contributed by atoms with Gasteiger partial charge in [0.25, 0.3) is 0 Å². The number of fused-ring (bicyclic) bond motifs is 5. The molecule has 5 unspecified atom stereocenters. The highest BCUT2D eigenvalue weighted by Crippen LogP contribution is 2.55. The molecule has 19 heavy (non-hydrogen) atoms. The van der Waals surface area contributed by atoms with Crippen molar-refractivity contribution in [2.45, 2.75) is 51.4 Å². The Morgan fingerprint density at radius 3 is 2.89 bits per heavy atom. The van der Waals surface area contributed by atoms with Crippen molar-refractivity contribution in [3.63, 3.8) is 0 Å². The molecular weight excluding hydrogens is 234 g/mol. The number of hydrogen-bond acceptors (Lipinski definition) is 1. The Bertz CT molecular complexity index is 413. The molecule has 1 amide bonds. The highest BCUT2D eigenvalue weighted by molar-refractivity contribution is 5.79. The van der Waals surface area contributed by atoms with Crippen molar-refractivity contribution in [2.24, 2.45) is 29.6 Å². The Balaban J connectivity index is 1.61. The standard InChI is InChI=1S/C17H25NO/c19-17-10-12-5-7-15-13-3-1-2-11(13)4-6-16(15)14(12)8-9-18-17/h5,11,13-16H,1-4,6-10H2,(H,18,19). The topological polar surface area (TPSA) is 29.1 Å². The Morgan fingerprint density at radius 1 is 1.00 bits per heavy atom. The summed E-state index contributed by atoms with van der Waals surface area (Å²) in [5, 5.41) is 3.06. The zero-order valence-corrected chi connectivity index (χ0v) is 11.7. The highest BCUT2D eigenvalue weighted by atomic mass is 16.1. The molecule has 0 aromatic carbocycles. The number of hydrogen-bond donors (Lipinski definition) is 1. The van der Waals surface area contributed by atoms with E-state index in [1.165, 1.54) is 50.5 Å². The fourth-order valence-electron chi connectivity index (χ4n) is 5.71. The summed E-state index contributed by atoms with van der Waals surface area (Å²) in [5.74, 6) is 4.88. The lowest BCUT2D eigenvalue weighted by Crippen LogP contribution is -2.38. The van der Waals surface area contributed by atoms with Gasteiger partial charge in [0.2, 0.25) is 5.91 Å². The molecule has 3 fully saturated rings. The van der Waals surface area contributed by atoms with Gasteiger partial charge in [-0.25, -0.2) is 0 Å². The van der Waals surface area contributed by atoms with E-state index in [0.29, 0.717) is 6.42 Å². The molecule has 3 aliphatic carbocycles. The lowest BCUT2D eigenvalue weighted by Gasteiger charge is -2.46. The fraction of sp³-hybridized carbons (Fsp3) is 0.824. The molecule has 4 rings (SSSR count). The third kappa shape index (κ3) is 1.95. The van der Waals surface area contributed by atoms with Crippen molar-refractivity contribution < 1.29 is 4.79 Å². The predicted octanol–water partition coefficient (Wildman–Crippen LogP) is 3.29. The molecule has 1 saturated heterocycles. The molecule has 1 heterocycles. The quantitative estimate of drug-likeness (QED) is 0.665. The van der Waals surface area contributed by atoms with Gasteiger partial charge >= 0.3 is 0 Å². The summed E-state index contributed by atoms with van der Waals surface area (Å²) >= 11 is 0. The molecule has 0 bridgehead atoms. The van der Waals surface area contributed by atoms with E-state index in [1.54, 1.807) is 0 Å². The molecule has 0 aromatic rings. The van der Waals surface area contributed by atoms with E-state index in [4.69, 9.17) is 0 Å². The van der Waals surface area contributed by atoms with Crippen molar-refractivity contribution >= 4 is 5.91 Å². The summed E-state index contributed by atoms with van der Waals surface area (Å²) in [4.78, 5) is 11.7. The second-order valence-electron chi connectivity index (χ2n) is 7.20. The van der Waals surface area contributed by atoms with E-state index >= 15 is 0 Å². The van der Waals surface area contributed by atoms with E-state index in [9.17, 15) is 4.79 Å². The lowest BCUT2D eigenvalue weighted by atomic mass is 9.58. The molecule has 1 N–H and O–H groups in total. The molecule has 1 aliphatic heterocycles. The van der Waals surface area contributed by atoms with Gasteiger partial charge in [0.05, 0.1) is 0 Å². The van der Waals surface area contributed by atoms with Crippen LogP contribution in [0.1, 0.15) is 51.4 Å². The number of carbonyl (C=O) groups excluding carboxylic acids is 1. The van der Waals surface area contributed by atoms with Gasteiger partial charge in [0.15, 0.2) is 0 Å². The third-order valence-electron chi connectivity index (χ3n) is 6.48. The van der Waals surface area contributed by atoms with Crippen LogP contribution in [0, 0.1) is 29.6 Å². The van der Waals surface area contributed by atoms with Gasteiger partial charge in [-0.15, -0.1) is 0 Å². The van der Waals surface area contributed by atoms with Gasteiger partial charge in [-0.1, -0.05) is 24.5 Å². The second kappa shape index (κ2) is 4.64. The highest BCUT2D eigenvalue weighted by Gasteiger charge is 2.46. The smallest absolute Gasteiger partial charge is 0.224 e. The summed E-state index contributed by atoms with van der Waals surface area (Å²) in [5.41, 5.74) is 1.48. The average molecular weight is 259 g/mol. The zero-order valence-electron chi connectivity index (χ0n) is 11.7. The first kappa shape index (κ1) is 12.0. The number of rotatable bonds is 0. The average Bonchev–Trinajstić information content (AvgIpc) is 2.80. The second-order valence-corrected chi connectivity index (χ2v) is 7.20. The van der Waals surface area contributed by atoms with Crippen molar-refractivity contribution in [1.82, 2.24) is 5.32 Å². The fourth-order valence-corrected chi connectivity index (χ4v) is 5.71. The summed E-state index contributed by atoms with van der Waals surface area (Å²) in [6.07, 6.45) is 13.0. The molecule has 2 nitrogen and oxygen atoms in total. The van der Waals surface area contributed by atoms with Crippen LogP contribution >= 0.6 is 0 Å². The normalized spacial score (nSPS) is 45.4. The minimum absolute atomic E-state index is 0.252. The first-order chi connectivity index (χ1) is 9.33. The summed E-state index contributed by atoms with van der Waals surface area (Å²) in [6.45, 7) is 0.901. The summed E-state index contributed by atoms with van der Waals surface area (Å²) in [6, 6.07) is 0. The van der Waals surface area contributed by atoms with E-state index in [-0.39, 0.29) is 5.91 Å². The van der Waals surface area contributed by atoms with Gasteiger partial charge in [-0.05, 0) is 61.7 Å². The maximum absolute atomic E-state index is 11.7. The number of allylic oxidation sites excluding steroid dienone is 1. The molecule has 0 aromatic heterocycles. The van der Waals surface area contributed by atoms with Crippen molar-refractivity contribution in [3.8, 4) is 0 Å². The minimum Gasteiger partial charge on any atom is -0.356 e. The van der Waals surface area contributed by atoms with Gasteiger partial charge < -0.3 is 5.32 Å². The Kier molecular flexibility index (Phi) is 2.93. The van der Waals surface area contributed by atoms with Crippen LogP contribution in [0.3, 0.4) is 0 Å². The molecule has 5 atom stereocenters. The zero-order chi connectivity index (χ0) is 12.8. The summed E-state index contributed by atoms with van der Waals surface area (Å²) < 4.78 is 0. The van der Waals surface area contributed by atoms with E-state index in [2.05, 4.69) is 11.4 Å². The first-order valence-corrected chi connectivity index (χ1v) is 8.28. The van der Waals surface area contributed by atoms with Gasteiger partial charge in [-0.2, -0.15) is 0 Å². The lowest BCUT2D eigenvalue weighted by molar-refractivity contribution is -0.120. The van der Waals surface area contributed by atoms with Crippen molar-refractivity contribution in [1.29, 1.82) is 0 Å². The van der Waals surface area contributed by atoms with Crippen molar-refractivity contribution in [2.75, 3.05) is 6.54 Å². The Labute approximate surface area is 116 Å². The number of nitrogens with one attached hydrogen (secondary N) is 1. The minimum atomic E-state index is 0.252. The van der Waals surface area contributed by atoms with E-state index < -0.39 is 0 Å². The maximum atomic E-state index is 11.7. The van der Waals surface area contributed by atoms with Crippen LogP contribution < -0.4 is 5.32 Å². The van der Waals surface area contributed by atoms with Crippen molar-refractivity contribution in [3.05, 3.63) is 11.6 Å². The van der Waals surface area contributed by atoms with Crippen LogP contribution in [-0.2, 0) is 4.79 Å². The monoisotopic (exact) mass is 259 g/mol. The Hall–Kier alpha value is -0.790. The van der Waals surface area contributed by atoms with Crippen LogP contribution in [0.25, 0.3) is 0 Å². The third-order valence-corrected chi connectivity index (χ3v) is 6.48. The van der Waals surface area contributed by atoms with Gasteiger partial charge in [0.1, 0.15) is 0 Å². The maximum Gasteiger partial charge on any atom is 0.224 e. The Morgan fingerprint density at radius 2 is 1.95 bits per heavy atom. The molecule has 0 spiro atoms. The predicted molar refractivity (Wildman–Crippen MR) is 75.5 cm³/mol. The van der Waals surface area contributed by atoms with E-state index in [1.807, 2.05) is 0 Å². The molecule has 4 aliphatic rings. The SMILES string of the molecule is O=C1CC2=CCC3C4CCCC4CCC3C2CCN1. The van der Waals surface area contributed by atoms with Crippen LogP contribution in [0.4, 0.5) is 0 Å².